The van der Waals surface area contributed by atoms with E-state index in [9.17, 15) is 23.1 Å². The van der Waals surface area contributed by atoms with Gasteiger partial charge in [-0.05, 0) is 49.7 Å². The second-order valence-electron chi connectivity index (χ2n) is 9.26. The molecule has 0 bridgehead atoms. The maximum Gasteiger partial charge on any atom is 0.414 e. The summed E-state index contributed by atoms with van der Waals surface area (Å²) in [5, 5.41) is 16.1. The van der Waals surface area contributed by atoms with Gasteiger partial charge in [0.25, 0.3) is 0 Å². The Bertz CT molecular complexity index is 1520. The van der Waals surface area contributed by atoms with E-state index in [-0.39, 0.29) is 32.9 Å². The number of nitrogens with zero attached hydrogens (tertiary/aromatic N) is 4. The van der Waals surface area contributed by atoms with Crippen molar-refractivity contribution in [3.8, 4) is 5.75 Å². The SMILES string of the molecule is CCN(CC)c1ncc(NCS(=O)(=O)c2ccc(Cl)c(Cl)c2)c(NC(Cc2ccc(OC(=O)N(C)C)cc2)C(=O)O)n1. The summed E-state index contributed by atoms with van der Waals surface area (Å²) < 4.78 is 31.2. The van der Waals surface area contributed by atoms with E-state index in [1.54, 1.807) is 38.4 Å². The molecule has 3 aromatic rings. The maximum absolute atomic E-state index is 13.0. The standard InChI is InChI=1S/C27H32Cl2N6O6S/c1-5-35(6-2)26-30-15-23(31-16-42(39,40)19-11-12-20(28)21(29)14-19)24(33-26)32-22(25(36)37)13-17-7-9-18(10-8-17)41-27(38)34(3)4/h7-12,14-15,22,31H,5-6,13,16H2,1-4H3,(H,36,37)(H,30,32,33). The lowest BCUT2D eigenvalue weighted by molar-refractivity contribution is -0.137. The predicted molar refractivity (Wildman–Crippen MR) is 163 cm³/mol. The van der Waals surface area contributed by atoms with Gasteiger partial charge in [-0.1, -0.05) is 35.3 Å². The van der Waals surface area contributed by atoms with Crippen LogP contribution in [0.2, 0.25) is 10.0 Å². The minimum atomic E-state index is -3.86. The number of benzene rings is 2. The fourth-order valence-electron chi connectivity index (χ4n) is 3.68. The molecule has 226 valence electrons. The molecule has 0 aliphatic carbocycles. The van der Waals surface area contributed by atoms with Gasteiger partial charge in [0.05, 0.1) is 26.8 Å². The number of carbonyl (C=O) groups is 2. The van der Waals surface area contributed by atoms with Gasteiger partial charge in [-0.3, -0.25) is 0 Å². The van der Waals surface area contributed by atoms with E-state index in [1.165, 1.54) is 29.3 Å². The topological polar surface area (TPSA) is 154 Å². The molecule has 1 amide bonds. The van der Waals surface area contributed by atoms with Crippen LogP contribution >= 0.6 is 23.2 Å². The molecular formula is C27H32Cl2N6O6S. The van der Waals surface area contributed by atoms with E-state index in [1.807, 2.05) is 18.7 Å². The third kappa shape index (κ3) is 8.60. The Morgan fingerprint density at radius 2 is 1.71 bits per heavy atom. The third-order valence-corrected chi connectivity index (χ3v) is 8.30. The van der Waals surface area contributed by atoms with Crippen molar-refractivity contribution in [2.75, 3.05) is 48.6 Å². The first-order valence-electron chi connectivity index (χ1n) is 12.9. The van der Waals surface area contributed by atoms with Crippen LogP contribution in [-0.2, 0) is 21.1 Å². The van der Waals surface area contributed by atoms with Crippen molar-refractivity contribution in [2.24, 2.45) is 0 Å². The molecule has 3 N–H and O–H groups in total. The molecule has 0 saturated heterocycles. The molecule has 0 spiro atoms. The zero-order valence-corrected chi connectivity index (χ0v) is 25.8. The lowest BCUT2D eigenvalue weighted by Gasteiger charge is -2.22. The van der Waals surface area contributed by atoms with Crippen LogP contribution in [0.3, 0.4) is 0 Å². The summed E-state index contributed by atoms with van der Waals surface area (Å²) in [6.07, 6.45) is 0.907. The molecule has 1 unspecified atom stereocenters. The van der Waals surface area contributed by atoms with Crippen LogP contribution in [0, 0.1) is 0 Å². The van der Waals surface area contributed by atoms with Crippen LogP contribution in [0.15, 0.2) is 53.6 Å². The van der Waals surface area contributed by atoms with Crippen molar-refractivity contribution < 1.29 is 27.9 Å². The van der Waals surface area contributed by atoms with Gasteiger partial charge in [-0.15, -0.1) is 0 Å². The number of carbonyl (C=O) groups excluding carboxylic acids is 1. The Balaban J connectivity index is 1.87. The number of aliphatic carboxylic acids is 1. The zero-order chi connectivity index (χ0) is 31.0. The first-order chi connectivity index (χ1) is 19.8. The molecule has 12 nitrogen and oxygen atoms in total. The number of amides is 1. The lowest BCUT2D eigenvalue weighted by Crippen LogP contribution is -2.33. The van der Waals surface area contributed by atoms with Gasteiger partial charge in [0.1, 0.15) is 17.7 Å². The molecule has 3 rings (SSSR count). The molecule has 0 saturated carbocycles. The van der Waals surface area contributed by atoms with Gasteiger partial charge in [0.2, 0.25) is 5.95 Å². The van der Waals surface area contributed by atoms with Crippen LogP contribution in [0.25, 0.3) is 0 Å². The van der Waals surface area contributed by atoms with Gasteiger partial charge in [0, 0.05) is 33.6 Å². The van der Waals surface area contributed by atoms with Crippen molar-refractivity contribution in [3.05, 3.63) is 64.3 Å². The molecule has 0 radical (unpaired) electrons. The van der Waals surface area contributed by atoms with Crippen molar-refractivity contribution >= 4 is 62.6 Å². The molecular weight excluding hydrogens is 607 g/mol. The highest BCUT2D eigenvalue weighted by molar-refractivity contribution is 7.91. The fraction of sp³-hybridized carbons (Fsp3) is 0.333. The normalized spacial score (nSPS) is 11.9. The number of sulfone groups is 1. The smallest absolute Gasteiger partial charge is 0.414 e. The predicted octanol–water partition coefficient (Wildman–Crippen LogP) is 4.64. The van der Waals surface area contributed by atoms with Gasteiger partial charge in [0.15, 0.2) is 15.7 Å². The minimum Gasteiger partial charge on any atom is -0.480 e. The average molecular weight is 640 g/mol. The fourth-order valence-corrected chi connectivity index (χ4v) is 5.13. The summed E-state index contributed by atoms with van der Waals surface area (Å²) in [4.78, 5) is 36.0. The van der Waals surface area contributed by atoms with Gasteiger partial charge < -0.3 is 30.3 Å². The zero-order valence-electron chi connectivity index (χ0n) is 23.5. The summed E-state index contributed by atoms with van der Waals surface area (Å²) in [5.74, 6) is -0.933. The number of hydrogen-bond donors (Lipinski definition) is 3. The van der Waals surface area contributed by atoms with Gasteiger partial charge in [-0.2, -0.15) is 4.98 Å². The van der Waals surface area contributed by atoms with E-state index in [0.717, 1.165) is 0 Å². The molecule has 1 heterocycles. The first-order valence-corrected chi connectivity index (χ1v) is 15.3. The number of aromatic nitrogens is 2. The van der Waals surface area contributed by atoms with Crippen LogP contribution in [0.1, 0.15) is 19.4 Å². The Kier molecular flexibility index (Phi) is 11.2. The molecule has 15 heteroatoms. The number of carboxylic acid groups (broad SMARTS) is 1. The van der Waals surface area contributed by atoms with Crippen molar-refractivity contribution in [1.82, 2.24) is 14.9 Å². The van der Waals surface area contributed by atoms with Gasteiger partial charge in [-0.25, -0.2) is 23.0 Å². The number of carboxylic acids is 1. The number of rotatable bonds is 13. The lowest BCUT2D eigenvalue weighted by atomic mass is 10.1. The Morgan fingerprint density at radius 3 is 2.29 bits per heavy atom. The number of halogens is 2. The van der Waals surface area contributed by atoms with E-state index < -0.39 is 33.8 Å². The highest BCUT2D eigenvalue weighted by atomic mass is 35.5. The summed E-state index contributed by atoms with van der Waals surface area (Å²) in [7, 11) is -0.745. The molecule has 2 aromatic carbocycles. The highest BCUT2D eigenvalue weighted by Gasteiger charge is 2.23. The maximum atomic E-state index is 13.0. The molecule has 0 aliphatic rings. The van der Waals surface area contributed by atoms with Crippen molar-refractivity contribution in [2.45, 2.75) is 31.2 Å². The van der Waals surface area contributed by atoms with Gasteiger partial charge >= 0.3 is 12.1 Å². The Labute approximate surface area is 254 Å². The van der Waals surface area contributed by atoms with E-state index in [2.05, 4.69) is 20.6 Å². The molecule has 0 aliphatic heterocycles. The number of hydrogen-bond acceptors (Lipinski definition) is 10. The summed E-state index contributed by atoms with van der Waals surface area (Å²) >= 11 is 11.9. The van der Waals surface area contributed by atoms with Crippen LogP contribution in [0.5, 0.6) is 5.75 Å². The Hall–Kier alpha value is -3.81. The second kappa shape index (κ2) is 14.4. The van der Waals surface area contributed by atoms with Crippen LogP contribution in [0.4, 0.5) is 22.2 Å². The third-order valence-electron chi connectivity index (χ3n) is 6.07. The van der Waals surface area contributed by atoms with E-state index >= 15 is 0 Å². The summed E-state index contributed by atoms with van der Waals surface area (Å²) in [6, 6.07) is 9.29. The number of ether oxygens (including phenoxy) is 1. The highest BCUT2D eigenvalue weighted by Crippen LogP contribution is 2.27. The van der Waals surface area contributed by atoms with Crippen LogP contribution in [-0.4, -0.2) is 79.6 Å². The monoisotopic (exact) mass is 638 g/mol. The summed E-state index contributed by atoms with van der Waals surface area (Å²) in [5.41, 5.74) is 0.834. The van der Waals surface area contributed by atoms with E-state index in [4.69, 9.17) is 27.9 Å². The second-order valence-corrected chi connectivity index (χ2v) is 12.1. The quantitative estimate of drug-likeness (QED) is 0.240. The van der Waals surface area contributed by atoms with E-state index in [0.29, 0.717) is 30.4 Å². The number of nitrogens with one attached hydrogen (secondary N) is 2. The van der Waals surface area contributed by atoms with Crippen LogP contribution < -0.4 is 20.3 Å². The Morgan fingerprint density at radius 1 is 1.05 bits per heavy atom. The van der Waals surface area contributed by atoms with Crippen molar-refractivity contribution in [3.63, 3.8) is 0 Å². The molecule has 1 atom stereocenters. The first kappa shape index (κ1) is 32.7. The van der Waals surface area contributed by atoms with Crippen molar-refractivity contribution in [1.29, 1.82) is 0 Å². The largest absolute Gasteiger partial charge is 0.480 e. The molecule has 0 fully saturated rings. The summed E-state index contributed by atoms with van der Waals surface area (Å²) in [6.45, 7) is 5.05. The minimum absolute atomic E-state index is 0.0392. The average Bonchev–Trinajstić information content (AvgIpc) is 2.95. The molecule has 1 aromatic heterocycles. The number of anilines is 3. The molecule has 42 heavy (non-hydrogen) atoms.